The maximum atomic E-state index is 12.6. The smallest absolute Gasteiger partial charge is 0.229 e. The number of piperidine rings is 1. The Balaban J connectivity index is 1.35. The van der Waals surface area contributed by atoms with Crippen molar-refractivity contribution in [1.29, 1.82) is 0 Å². The van der Waals surface area contributed by atoms with Gasteiger partial charge in [-0.05, 0) is 43.1 Å². The Morgan fingerprint density at radius 3 is 2.94 bits per heavy atom. The second-order valence-corrected chi connectivity index (χ2v) is 8.96. The quantitative estimate of drug-likeness (QED) is 0.572. The van der Waals surface area contributed by atoms with Gasteiger partial charge in [-0.25, -0.2) is 9.67 Å². The van der Waals surface area contributed by atoms with Crippen molar-refractivity contribution in [3.05, 3.63) is 35.5 Å². The summed E-state index contributed by atoms with van der Waals surface area (Å²) in [6.07, 6.45) is 3.48. The van der Waals surface area contributed by atoms with E-state index in [0.29, 0.717) is 17.4 Å². The normalized spacial score (nSPS) is 19.6. The molecule has 0 saturated carbocycles. The van der Waals surface area contributed by atoms with Crippen LogP contribution in [0.3, 0.4) is 0 Å². The molecule has 9 nitrogen and oxygen atoms in total. The number of halogens is 1. The molecule has 0 bridgehead atoms. The van der Waals surface area contributed by atoms with Crippen LogP contribution in [0.2, 0.25) is 5.02 Å². The number of aromatic nitrogens is 4. The van der Waals surface area contributed by atoms with Gasteiger partial charge in [-0.2, -0.15) is 0 Å². The molecule has 2 saturated heterocycles. The van der Waals surface area contributed by atoms with Crippen molar-refractivity contribution >= 4 is 34.4 Å². The van der Waals surface area contributed by atoms with Crippen LogP contribution in [0.1, 0.15) is 12.8 Å². The van der Waals surface area contributed by atoms with Crippen LogP contribution in [0.5, 0.6) is 0 Å². The van der Waals surface area contributed by atoms with Gasteiger partial charge < -0.3 is 15.4 Å². The highest BCUT2D eigenvalue weighted by molar-refractivity contribution is 6.33. The fourth-order valence-electron chi connectivity index (χ4n) is 4.39. The highest BCUT2D eigenvalue weighted by atomic mass is 35.5. The van der Waals surface area contributed by atoms with E-state index in [1.165, 1.54) is 0 Å². The molecule has 1 amide bonds. The number of carbonyl (C=O) groups is 1. The largest absolute Gasteiger partial charge is 0.379 e. The summed E-state index contributed by atoms with van der Waals surface area (Å²) >= 11 is 6.50. The second-order valence-electron chi connectivity index (χ2n) is 8.55. The van der Waals surface area contributed by atoms with Gasteiger partial charge >= 0.3 is 0 Å². The zero-order valence-corrected chi connectivity index (χ0v) is 19.2. The number of pyridine rings is 1. The number of morpholine rings is 1. The monoisotopic (exact) mass is 469 g/mol. The highest BCUT2D eigenvalue weighted by Gasteiger charge is 2.21. The molecule has 3 aromatic rings. The Labute approximate surface area is 197 Å². The van der Waals surface area contributed by atoms with E-state index in [0.717, 1.165) is 80.9 Å². The fourth-order valence-corrected chi connectivity index (χ4v) is 4.60. The molecule has 2 aromatic heterocycles. The maximum absolute atomic E-state index is 12.6. The number of nitrogens with one attached hydrogen (secondary N) is 2. The first-order valence-electron chi connectivity index (χ1n) is 11.5. The van der Waals surface area contributed by atoms with Crippen LogP contribution in [0.25, 0.3) is 22.2 Å². The molecule has 0 radical (unpaired) electrons. The van der Waals surface area contributed by atoms with Crippen molar-refractivity contribution in [3.63, 3.8) is 0 Å². The molecule has 1 unspecified atom stereocenters. The number of fused-ring (bicyclic) bond motifs is 1. The number of hydrogen-bond donors (Lipinski definition) is 2. The summed E-state index contributed by atoms with van der Waals surface area (Å²) in [5, 5.41) is 15.4. The molecule has 2 aliphatic rings. The number of benzene rings is 1. The van der Waals surface area contributed by atoms with E-state index >= 15 is 0 Å². The minimum absolute atomic E-state index is 0.0104. The minimum Gasteiger partial charge on any atom is -0.379 e. The zero-order chi connectivity index (χ0) is 22.6. The van der Waals surface area contributed by atoms with E-state index in [9.17, 15) is 4.79 Å². The van der Waals surface area contributed by atoms with Crippen LogP contribution in [0.4, 0.5) is 5.82 Å². The van der Waals surface area contributed by atoms with Crippen molar-refractivity contribution < 1.29 is 9.53 Å². The first kappa shape index (κ1) is 22.2. The predicted octanol–water partition coefficient (Wildman–Crippen LogP) is 2.42. The van der Waals surface area contributed by atoms with Crippen molar-refractivity contribution in [2.45, 2.75) is 19.4 Å². The number of nitrogens with zero attached hydrogens (tertiary/aromatic N) is 5. The van der Waals surface area contributed by atoms with Crippen LogP contribution in [0, 0.1) is 5.92 Å². The average Bonchev–Trinajstić information content (AvgIpc) is 3.27. The standard InChI is InChI=1S/C23H28ClN7O2/c24-19-15-26-22(27-23(32)17-2-1-5-25-14-17)13-18(19)16-3-4-20-21(12-16)31(29-28-20)7-6-30-8-10-33-11-9-30/h3-4,12-13,15,17,25H,1-2,5-11,14H2,(H,26,27,32). The molecule has 10 heteroatoms. The van der Waals surface area contributed by atoms with Crippen LogP contribution < -0.4 is 10.6 Å². The Kier molecular flexibility index (Phi) is 6.82. The number of ether oxygens (including phenoxy) is 1. The van der Waals surface area contributed by atoms with Crippen molar-refractivity contribution in [2.75, 3.05) is 51.3 Å². The number of carbonyl (C=O) groups excluding carboxylic acids is 1. The summed E-state index contributed by atoms with van der Waals surface area (Å²) in [5.74, 6) is 0.454. The lowest BCUT2D eigenvalue weighted by Crippen LogP contribution is -2.38. The van der Waals surface area contributed by atoms with Gasteiger partial charge in [0.05, 0.1) is 36.2 Å². The third-order valence-electron chi connectivity index (χ3n) is 6.33. The van der Waals surface area contributed by atoms with Crippen LogP contribution >= 0.6 is 11.6 Å². The average molecular weight is 470 g/mol. The van der Waals surface area contributed by atoms with Gasteiger partial charge in [0.2, 0.25) is 5.91 Å². The van der Waals surface area contributed by atoms with E-state index in [2.05, 4.69) is 30.8 Å². The van der Waals surface area contributed by atoms with Gasteiger partial charge in [-0.15, -0.1) is 5.10 Å². The number of amides is 1. The summed E-state index contributed by atoms with van der Waals surface area (Å²) in [4.78, 5) is 19.3. The lowest BCUT2D eigenvalue weighted by atomic mass is 9.99. The van der Waals surface area contributed by atoms with Gasteiger partial charge in [-0.1, -0.05) is 22.9 Å². The van der Waals surface area contributed by atoms with E-state index in [1.54, 1.807) is 6.20 Å². The molecule has 4 heterocycles. The van der Waals surface area contributed by atoms with Crippen LogP contribution in [-0.2, 0) is 16.1 Å². The Hall–Kier alpha value is -2.59. The summed E-state index contributed by atoms with van der Waals surface area (Å²) in [6.45, 7) is 6.75. The van der Waals surface area contributed by atoms with Crippen molar-refractivity contribution in [3.8, 4) is 11.1 Å². The number of hydrogen-bond acceptors (Lipinski definition) is 7. The van der Waals surface area contributed by atoms with Crippen LogP contribution in [0.15, 0.2) is 30.5 Å². The SMILES string of the molecule is O=C(Nc1cc(-c2ccc3nnn(CCN4CCOCC4)c3c2)c(Cl)cn1)C1CCCNC1. The summed E-state index contributed by atoms with van der Waals surface area (Å²) < 4.78 is 7.36. The predicted molar refractivity (Wildman–Crippen MR) is 127 cm³/mol. The molecular weight excluding hydrogens is 442 g/mol. The van der Waals surface area contributed by atoms with Gasteiger partial charge in [-0.3, -0.25) is 9.69 Å². The van der Waals surface area contributed by atoms with E-state index in [4.69, 9.17) is 16.3 Å². The first-order chi connectivity index (χ1) is 16.2. The number of rotatable bonds is 6. The lowest BCUT2D eigenvalue weighted by Gasteiger charge is -2.26. The van der Waals surface area contributed by atoms with Crippen LogP contribution in [-0.4, -0.2) is 76.7 Å². The lowest BCUT2D eigenvalue weighted by molar-refractivity contribution is -0.120. The summed E-state index contributed by atoms with van der Waals surface area (Å²) in [5.41, 5.74) is 3.53. The van der Waals surface area contributed by atoms with Gasteiger partial charge in [0, 0.05) is 37.9 Å². The Morgan fingerprint density at radius 2 is 2.12 bits per heavy atom. The zero-order valence-electron chi connectivity index (χ0n) is 18.5. The molecule has 0 spiro atoms. The summed E-state index contributed by atoms with van der Waals surface area (Å²) in [7, 11) is 0. The molecule has 2 aliphatic heterocycles. The Morgan fingerprint density at radius 1 is 1.24 bits per heavy atom. The molecule has 1 atom stereocenters. The molecule has 2 fully saturated rings. The molecule has 5 rings (SSSR count). The van der Waals surface area contributed by atoms with E-state index in [-0.39, 0.29) is 11.8 Å². The topological polar surface area (TPSA) is 97.2 Å². The van der Waals surface area contributed by atoms with Gasteiger partial charge in [0.15, 0.2) is 0 Å². The maximum Gasteiger partial charge on any atom is 0.229 e. The van der Waals surface area contributed by atoms with Crippen molar-refractivity contribution in [1.82, 2.24) is 30.2 Å². The van der Waals surface area contributed by atoms with E-state index in [1.807, 2.05) is 28.9 Å². The number of anilines is 1. The molecule has 174 valence electrons. The molecule has 0 aliphatic carbocycles. The van der Waals surface area contributed by atoms with E-state index < -0.39 is 0 Å². The summed E-state index contributed by atoms with van der Waals surface area (Å²) in [6, 6.07) is 7.80. The van der Waals surface area contributed by atoms with Gasteiger partial charge in [0.1, 0.15) is 11.3 Å². The van der Waals surface area contributed by atoms with Crippen molar-refractivity contribution in [2.24, 2.45) is 5.92 Å². The highest BCUT2D eigenvalue weighted by Crippen LogP contribution is 2.31. The second kappa shape index (κ2) is 10.1. The molecule has 2 N–H and O–H groups in total. The third kappa shape index (κ3) is 5.16. The molecular formula is C23H28ClN7O2. The first-order valence-corrected chi connectivity index (χ1v) is 11.9. The minimum atomic E-state index is -0.0390. The fraction of sp³-hybridized carbons (Fsp3) is 0.478. The van der Waals surface area contributed by atoms with Gasteiger partial charge in [0.25, 0.3) is 0 Å². The molecule has 33 heavy (non-hydrogen) atoms. The molecule has 1 aromatic carbocycles. The Bertz CT molecular complexity index is 1120. The third-order valence-corrected chi connectivity index (χ3v) is 6.63.